The van der Waals surface area contributed by atoms with Crippen LogP contribution in [0.4, 0.5) is 0 Å². The Hall–Kier alpha value is -1.09. The minimum absolute atomic E-state index is 0.0956. The van der Waals surface area contributed by atoms with Gasteiger partial charge in [0.15, 0.2) is 0 Å². The van der Waals surface area contributed by atoms with Crippen LogP contribution in [0.3, 0.4) is 0 Å². The van der Waals surface area contributed by atoms with Crippen molar-refractivity contribution in [3.8, 4) is 5.75 Å². The van der Waals surface area contributed by atoms with Crippen molar-refractivity contribution in [3.63, 3.8) is 0 Å². The van der Waals surface area contributed by atoms with Crippen molar-refractivity contribution < 1.29 is 4.74 Å². The fourth-order valence-electron chi connectivity index (χ4n) is 1.93. The van der Waals surface area contributed by atoms with Gasteiger partial charge in [0, 0.05) is 11.7 Å². The largest absolute Gasteiger partial charge is 0.492 e. The second-order valence-corrected chi connectivity index (χ2v) is 6.65. The predicted octanol–water partition coefficient (Wildman–Crippen LogP) is 3.54. The van der Waals surface area contributed by atoms with Crippen LogP contribution in [0.15, 0.2) is 18.5 Å². The van der Waals surface area contributed by atoms with Crippen molar-refractivity contribution in [1.82, 2.24) is 10.3 Å². The molecule has 19 heavy (non-hydrogen) atoms. The van der Waals surface area contributed by atoms with Crippen LogP contribution in [0, 0.1) is 0 Å². The summed E-state index contributed by atoms with van der Waals surface area (Å²) in [4.78, 5) is 4.28. The van der Waals surface area contributed by atoms with Crippen LogP contribution >= 0.6 is 0 Å². The van der Waals surface area contributed by atoms with E-state index >= 15 is 0 Å². The summed E-state index contributed by atoms with van der Waals surface area (Å²) >= 11 is 0. The summed E-state index contributed by atoms with van der Waals surface area (Å²) in [5.41, 5.74) is 1.49. The van der Waals surface area contributed by atoms with E-state index in [9.17, 15) is 0 Å². The van der Waals surface area contributed by atoms with Gasteiger partial charge in [-0.25, -0.2) is 0 Å². The van der Waals surface area contributed by atoms with Crippen LogP contribution in [-0.4, -0.2) is 23.7 Å². The Labute approximate surface area is 117 Å². The van der Waals surface area contributed by atoms with Gasteiger partial charge in [0.2, 0.25) is 0 Å². The molecule has 1 N–H and O–H groups in total. The lowest BCUT2D eigenvalue weighted by atomic mass is 9.82. The number of pyridine rings is 1. The molecule has 0 fully saturated rings. The summed E-state index contributed by atoms with van der Waals surface area (Å²) in [5.74, 6) is 0.858. The van der Waals surface area contributed by atoms with Gasteiger partial charge in [-0.05, 0) is 57.7 Å². The van der Waals surface area contributed by atoms with Crippen molar-refractivity contribution >= 4 is 0 Å². The molecule has 3 nitrogen and oxygen atoms in total. The summed E-state index contributed by atoms with van der Waals surface area (Å²) in [6.45, 7) is 14.7. The van der Waals surface area contributed by atoms with E-state index in [1.807, 2.05) is 13.1 Å². The first-order valence-corrected chi connectivity index (χ1v) is 7.08. The van der Waals surface area contributed by atoms with Gasteiger partial charge in [0.25, 0.3) is 0 Å². The number of hydrogen-bond donors (Lipinski definition) is 1. The van der Waals surface area contributed by atoms with E-state index in [1.165, 1.54) is 5.56 Å². The zero-order valence-electron chi connectivity index (χ0n) is 13.2. The molecule has 0 radical (unpaired) electrons. The van der Waals surface area contributed by atoms with Crippen LogP contribution in [0.5, 0.6) is 5.75 Å². The highest BCUT2D eigenvalue weighted by atomic mass is 16.5. The normalized spacial score (nSPS) is 12.5. The second kappa shape index (κ2) is 6.38. The van der Waals surface area contributed by atoms with Crippen molar-refractivity contribution in [2.75, 3.05) is 13.2 Å². The molecule has 0 spiro atoms. The fourth-order valence-corrected chi connectivity index (χ4v) is 1.93. The highest BCUT2D eigenvalue weighted by Crippen LogP contribution is 2.28. The average molecular weight is 264 g/mol. The van der Waals surface area contributed by atoms with Gasteiger partial charge < -0.3 is 10.1 Å². The summed E-state index contributed by atoms with van der Waals surface area (Å²) < 4.78 is 5.52. The Balaban J connectivity index is 2.68. The Bertz CT molecular complexity index is 394. The smallest absolute Gasteiger partial charge is 0.137 e. The quantitative estimate of drug-likeness (QED) is 0.853. The summed E-state index contributed by atoms with van der Waals surface area (Å²) in [6.07, 6.45) is 4.79. The van der Waals surface area contributed by atoms with E-state index in [2.05, 4.69) is 51.0 Å². The molecule has 0 atom stereocenters. The average Bonchev–Trinajstić information content (AvgIpc) is 2.28. The maximum atomic E-state index is 5.52. The van der Waals surface area contributed by atoms with Crippen LogP contribution in [0.25, 0.3) is 0 Å². The molecule has 0 aromatic carbocycles. The van der Waals surface area contributed by atoms with Crippen molar-refractivity contribution in [2.24, 2.45) is 0 Å². The van der Waals surface area contributed by atoms with E-state index in [0.717, 1.165) is 18.7 Å². The van der Waals surface area contributed by atoms with Gasteiger partial charge in [-0.3, -0.25) is 4.98 Å². The lowest BCUT2D eigenvalue weighted by Gasteiger charge is -2.28. The molecule has 0 aliphatic rings. The molecule has 0 aliphatic heterocycles. The van der Waals surface area contributed by atoms with Crippen LogP contribution < -0.4 is 10.1 Å². The maximum Gasteiger partial charge on any atom is 0.137 e. The minimum Gasteiger partial charge on any atom is -0.492 e. The molecule has 1 rings (SSSR count). The standard InChI is InChI=1S/C16H28N2O/c1-7-19-14-10-13(11-17-12-14)16(5,6)8-9-18-15(2,3)4/h10-12,18H,7-9H2,1-6H3. The van der Waals surface area contributed by atoms with Gasteiger partial charge in [0.1, 0.15) is 5.75 Å². The highest BCUT2D eigenvalue weighted by Gasteiger charge is 2.22. The van der Waals surface area contributed by atoms with Gasteiger partial charge >= 0.3 is 0 Å². The van der Waals surface area contributed by atoms with Crippen molar-refractivity contribution in [2.45, 2.75) is 58.9 Å². The Morgan fingerprint density at radius 1 is 1.16 bits per heavy atom. The van der Waals surface area contributed by atoms with Gasteiger partial charge in [0.05, 0.1) is 12.8 Å². The van der Waals surface area contributed by atoms with Gasteiger partial charge in [-0.1, -0.05) is 13.8 Å². The topological polar surface area (TPSA) is 34.1 Å². The number of ether oxygens (including phenoxy) is 1. The van der Waals surface area contributed by atoms with E-state index in [0.29, 0.717) is 6.61 Å². The molecular formula is C16H28N2O. The van der Waals surface area contributed by atoms with Crippen LogP contribution in [-0.2, 0) is 5.41 Å². The third kappa shape index (κ3) is 5.60. The fraction of sp³-hybridized carbons (Fsp3) is 0.688. The molecular weight excluding hydrogens is 236 g/mol. The second-order valence-electron chi connectivity index (χ2n) is 6.65. The number of nitrogens with zero attached hydrogens (tertiary/aromatic N) is 1. The van der Waals surface area contributed by atoms with Gasteiger partial charge in [-0.15, -0.1) is 0 Å². The molecule has 0 saturated carbocycles. The van der Waals surface area contributed by atoms with Crippen LogP contribution in [0.2, 0.25) is 0 Å². The zero-order chi connectivity index (χ0) is 14.5. The van der Waals surface area contributed by atoms with E-state index in [1.54, 1.807) is 6.20 Å². The molecule has 3 heteroatoms. The van der Waals surface area contributed by atoms with Crippen molar-refractivity contribution in [3.05, 3.63) is 24.0 Å². The molecule has 0 aliphatic carbocycles. The third-order valence-corrected chi connectivity index (χ3v) is 3.21. The molecule has 0 unspecified atom stereocenters. The molecule has 0 amide bonds. The maximum absolute atomic E-state index is 5.52. The molecule has 1 heterocycles. The summed E-state index contributed by atoms with van der Waals surface area (Å²) in [5, 5.41) is 3.54. The Morgan fingerprint density at radius 2 is 1.84 bits per heavy atom. The summed E-state index contributed by atoms with van der Waals surface area (Å²) in [7, 11) is 0. The molecule has 108 valence electrons. The predicted molar refractivity (Wildman–Crippen MR) is 80.8 cm³/mol. The van der Waals surface area contributed by atoms with E-state index in [4.69, 9.17) is 4.74 Å². The minimum atomic E-state index is 0.0956. The SMILES string of the molecule is CCOc1cncc(C(C)(C)CCNC(C)(C)C)c1. The van der Waals surface area contributed by atoms with E-state index in [-0.39, 0.29) is 11.0 Å². The lowest BCUT2D eigenvalue weighted by Crippen LogP contribution is -2.38. The number of hydrogen-bond acceptors (Lipinski definition) is 3. The number of rotatable bonds is 6. The van der Waals surface area contributed by atoms with E-state index < -0.39 is 0 Å². The Morgan fingerprint density at radius 3 is 2.42 bits per heavy atom. The Kier molecular flexibility index (Phi) is 5.36. The number of aromatic nitrogens is 1. The molecule has 0 bridgehead atoms. The number of nitrogens with one attached hydrogen (secondary N) is 1. The molecule has 1 aromatic heterocycles. The first-order valence-electron chi connectivity index (χ1n) is 7.08. The highest BCUT2D eigenvalue weighted by molar-refractivity contribution is 5.29. The third-order valence-electron chi connectivity index (χ3n) is 3.21. The first kappa shape index (κ1) is 16.0. The molecule has 1 aromatic rings. The zero-order valence-corrected chi connectivity index (χ0v) is 13.2. The lowest BCUT2D eigenvalue weighted by molar-refractivity contribution is 0.335. The first-order chi connectivity index (χ1) is 8.74. The van der Waals surface area contributed by atoms with Gasteiger partial charge in [-0.2, -0.15) is 0 Å². The van der Waals surface area contributed by atoms with Crippen molar-refractivity contribution in [1.29, 1.82) is 0 Å². The van der Waals surface area contributed by atoms with Crippen LogP contribution in [0.1, 0.15) is 53.5 Å². The summed E-state index contributed by atoms with van der Waals surface area (Å²) in [6, 6.07) is 2.10. The molecule has 0 saturated heterocycles. The monoisotopic (exact) mass is 264 g/mol.